The largest absolute Gasteiger partial charge is 0.358 e. The molecular weight excluding hydrogens is 497 g/mol. The molecule has 3 heterocycles. The lowest BCUT2D eigenvalue weighted by Crippen LogP contribution is -2.07. The number of aryl methyl sites for hydroxylation is 2. The van der Waals surface area contributed by atoms with Gasteiger partial charge in [0.15, 0.2) is 23.1 Å². The van der Waals surface area contributed by atoms with Gasteiger partial charge in [0.05, 0.1) is 22.6 Å². The summed E-state index contributed by atoms with van der Waals surface area (Å²) in [6.45, 7) is 1.48. The molecule has 0 amide bonds. The van der Waals surface area contributed by atoms with Crippen LogP contribution >= 0.6 is 11.6 Å². The number of nitrogens with one attached hydrogen (secondary N) is 1. The molecule has 0 saturated carbocycles. The fourth-order valence-corrected chi connectivity index (χ4v) is 4.50. The molecule has 0 aliphatic rings. The number of aromatic nitrogens is 3. The summed E-state index contributed by atoms with van der Waals surface area (Å²) in [4.78, 5) is 52.8. The molecule has 7 nitrogen and oxygen atoms in total. The molecule has 0 radical (unpaired) electrons. The SMILES string of the molecule is CC(=O)c1cc(CC(=O)c2cc(CC(=O)c3cc(CC(=O)c4ccc(Cl)cc4F)c[nH]3)cn2C)cn1C. The highest BCUT2D eigenvalue weighted by Crippen LogP contribution is 2.19. The Morgan fingerprint density at radius 1 is 0.811 bits per heavy atom. The Kier molecular flexibility index (Phi) is 7.40. The van der Waals surface area contributed by atoms with Crippen LogP contribution in [0.2, 0.25) is 5.02 Å². The minimum absolute atomic E-state index is 0.0562. The summed E-state index contributed by atoms with van der Waals surface area (Å²) in [5, 5.41) is 0.205. The van der Waals surface area contributed by atoms with Crippen LogP contribution in [0.25, 0.3) is 0 Å². The van der Waals surface area contributed by atoms with Crippen LogP contribution in [0, 0.1) is 5.82 Å². The van der Waals surface area contributed by atoms with E-state index >= 15 is 0 Å². The molecule has 0 spiro atoms. The number of ketones is 4. The second-order valence-electron chi connectivity index (χ2n) is 9.09. The smallest absolute Gasteiger partial charge is 0.183 e. The number of rotatable bonds is 10. The molecule has 37 heavy (non-hydrogen) atoms. The zero-order chi connectivity index (χ0) is 26.9. The van der Waals surface area contributed by atoms with E-state index in [9.17, 15) is 23.6 Å². The van der Waals surface area contributed by atoms with E-state index in [0.717, 1.165) is 11.6 Å². The van der Waals surface area contributed by atoms with Crippen molar-refractivity contribution in [2.45, 2.75) is 26.2 Å². The molecule has 0 unspecified atom stereocenters. The van der Waals surface area contributed by atoms with Crippen molar-refractivity contribution in [3.63, 3.8) is 0 Å². The average Bonchev–Trinajstić information content (AvgIpc) is 3.52. The molecule has 0 fully saturated rings. The maximum atomic E-state index is 14.0. The maximum absolute atomic E-state index is 14.0. The molecule has 1 aromatic carbocycles. The molecule has 0 atom stereocenters. The highest BCUT2D eigenvalue weighted by molar-refractivity contribution is 6.30. The van der Waals surface area contributed by atoms with Crippen molar-refractivity contribution < 1.29 is 23.6 Å². The Morgan fingerprint density at radius 2 is 1.41 bits per heavy atom. The predicted molar refractivity (Wildman–Crippen MR) is 137 cm³/mol. The van der Waals surface area contributed by atoms with E-state index in [4.69, 9.17) is 11.6 Å². The van der Waals surface area contributed by atoms with Crippen molar-refractivity contribution in [3.8, 4) is 0 Å². The first-order valence-electron chi connectivity index (χ1n) is 11.5. The zero-order valence-electron chi connectivity index (χ0n) is 20.6. The number of carbonyl (C=O) groups excluding carboxylic acids is 4. The van der Waals surface area contributed by atoms with Gasteiger partial charge in [-0.1, -0.05) is 11.6 Å². The van der Waals surface area contributed by atoms with E-state index in [1.165, 1.54) is 19.1 Å². The summed E-state index contributed by atoms with van der Waals surface area (Å²) < 4.78 is 17.4. The van der Waals surface area contributed by atoms with Crippen molar-refractivity contribution in [2.75, 3.05) is 0 Å². The summed E-state index contributed by atoms with van der Waals surface area (Å²) in [5.41, 5.74) is 3.21. The fourth-order valence-electron chi connectivity index (χ4n) is 4.34. The molecule has 0 saturated heterocycles. The standard InChI is InChI=1S/C28H25ClFN3O4/c1-16(34)24-7-18(14-32(24)2)11-28(37)25-8-19(15-33(25)3)10-27(36)23-6-17(13-31-23)9-26(35)21-5-4-20(29)12-22(21)30/h4-8,12-15,31H,9-11H2,1-3H3. The minimum Gasteiger partial charge on any atom is -0.358 e. The Morgan fingerprint density at radius 3 is 2.03 bits per heavy atom. The van der Waals surface area contributed by atoms with Gasteiger partial charge in [0.1, 0.15) is 5.82 Å². The Labute approximate surface area is 217 Å². The lowest BCUT2D eigenvalue weighted by Gasteiger charge is -2.01. The number of hydrogen-bond acceptors (Lipinski definition) is 4. The van der Waals surface area contributed by atoms with Gasteiger partial charge in [0, 0.05) is 63.9 Å². The maximum Gasteiger partial charge on any atom is 0.183 e. The van der Waals surface area contributed by atoms with Gasteiger partial charge in [-0.2, -0.15) is 0 Å². The number of H-pyrrole nitrogens is 1. The van der Waals surface area contributed by atoms with Gasteiger partial charge >= 0.3 is 0 Å². The first-order chi connectivity index (χ1) is 17.5. The number of carbonyl (C=O) groups is 4. The Balaban J connectivity index is 1.40. The quantitative estimate of drug-likeness (QED) is 0.298. The normalized spacial score (nSPS) is 11.1. The third-order valence-electron chi connectivity index (χ3n) is 6.14. The molecular formula is C28H25ClFN3O4. The first-order valence-corrected chi connectivity index (χ1v) is 11.9. The van der Waals surface area contributed by atoms with Crippen LogP contribution in [-0.2, 0) is 33.4 Å². The van der Waals surface area contributed by atoms with Crippen molar-refractivity contribution in [2.24, 2.45) is 14.1 Å². The van der Waals surface area contributed by atoms with E-state index in [1.54, 1.807) is 60.0 Å². The van der Waals surface area contributed by atoms with Crippen LogP contribution < -0.4 is 0 Å². The van der Waals surface area contributed by atoms with Crippen LogP contribution in [0.5, 0.6) is 0 Å². The van der Waals surface area contributed by atoms with E-state index in [1.807, 2.05) is 0 Å². The lowest BCUT2D eigenvalue weighted by atomic mass is 10.0. The second kappa shape index (κ2) is 10.5. The molecule has 4 aromatic rings. The van der Waals surface area contributed by atoms with Crippen LogP contribution in [0.3, 0.4) is 0 Å². The summed E-state index contributed by atoms with van der Waals surface area (Å²) in [5.74, 6) is -1.53. The molecule has 3 aromatic heterocycles. The van der Waals surface area contributed by atoms with E-state index in [-0.39, 0.29) is 47.2 Å². The topological polar surface area (TPSA) is 93.9 Å². The molecule has 9 heteroatoms. The molecule has 190 valence electrons. The lowest BCUT2D eigenvalue weighted by molar-refractivity contribution is 0.0977. The summed E-state index contributed by atoms with van der Waals surface area (Å²) in [6.07, 6.45) is 5.16. The van der Waals surface area contributed by atoms with Crippen molar-refractivity contribution in [3.05, 3.63) is 105 Å². The molecule has 0 bridgehead atoms. The number of halogens is 2. The predicted octanol–water partition coefficient (Wildman–Crippen LogP) is 4.96. The summed E-state index contributed by atoms with van der Waals surface area (Å²) in [7, 11) is 3.50. The fraction of sp³-hybridized carbons (Fsp3) is 0.214. The highest BCUT2D eigenvalue weighted by Gasteiger charge is 2.19. The van der Waals surface area contributed by atoms with Crippen LogP contribution in [0.15, 0.2) is 55.0 Å². The Hall–Kier alpha value is -4.04. The van der Waals surface area contributed by atoms with Gasteiger partial charge in [-0.05, 0) is 53.1 Å². The monoisotopic (exact) mass is 521 g/mol. The van der Waals surface area contributed by atoms with Crippen molar-refractivity contribution in [1.29, 1.82) is 0 Å². The Bertz CT molecular complexity index is 1540. The van der Waals surface area contributed by atoms with Crippen LogP contribution in [0.4, 0.5) is 4.39 Å². The van der Waals surface area contributed by atoms with Gasteiger partial charge in [0.25, 0.3) is 0 Å². The van der Waals surface area contributed by atoms with Crippen LogP contribution in [0.1, 0.15) is 65.4 Å². The number of nitrogens with zero attached hydrogens (tertiary/aromatic N) is 2. The average molecular weight is 522 g/mol. The number of benzene rings is 1. The highest BCUT2D eigenvalue weighted by atomic mass is 35.5. The number of hydrogen-bond donors (Lipinski definition) is 1. The van der Waals surface area contributed by atoms with E-state index in [2.05, 4.69) is 4.98 Å². The van der Waals surface area contributed by atoms with Gasteiger partial charge < -0.3 is 14.1 Å². The molecule has 0 aliphatic heterocycles. The van der Waals surface area contributed by atoms with Gasteiger partial charge in [-0.15, -0.1) is 0 Å². The second-order valence-corrected chi connectivity index (χ2v) is 9.53. The van der Waals surface area contributed by atoms with E-state index < -0.39 is 11.6 Å². The number of Topliss-reactive ketones (excluding diaryl/α,β-unsaturated/α-hetero) is 4. The van der Waals surface area contributed by atoms with Gasteiger partial charge in [-0.25, -0.2) is 4.39 Å². The molecule has 1 N–H and O–H groups in total. The van der Waals surface area contributed by atoms with Gasteiger partial charge in [0.2, 0.25) is 0 Å². The minimum atomic E-state index is -0.690. The van der Waals surface area contributed by atoms with Crippen molar-refractivity contribution >= 4 is 34.7 Å². The first kappa shape index (κ1) is 26.0. The van der Waals surface area contributed by atoms with Crippen LogP contribution in [-0.4, -0.2) is 37.3 Å². The molecule has 0 aliphatic carbocycles. The summed E-state index contributed by atoms with van der Waals surface area (Å²) in [6, 6.07) is 8.85. The van der Waals surface area contributed by atoms with Crippen molar-refractivity contribution in [1.82, 2.24) is 14.1 Å². The van der Waals surface area contributed by atoms with E-state index in [0.29, 0.717) is 28.2 Å². The summed E-state index contributed by atoms with van der Waals surface area (Å²) >= 11 is 5.74. The van der Waals surface area contributed by atoms with Gasteiger partial charge in [-0.3, -0.25) is 19.2 Å². The third-order valence-corrected chi connectivity index (χ3v) is 6.37. The molecule has 4 rings (SSSR count). The third kappa shape index (κ3) is 5.86. The zero-order valence-corrected chi connectivity index (χ0v) is 21.4. The number of aromatic amines is 1.